The first-order valence-electron chi connectivity index (χ1n) is 13.0. The number of rotatable bonds is 5. The lowest BCUT2D eigenvalue weighted by Gasteiger charge is -2.33. The summed E-state index contributed by atoms with van der Waals surface area (Å²) in [5, 5.41) is 11.7. The summed E-state index contributed by atoms with van der Waals surface area (Å²) in [4.78, 5) is 40.5. The highest BCUT2D eigenvalue weighted by molar-refractivity contribution is 7.99. The van der Waals surface area contributed by atoms with Crippen molar-refractivity contribution in [2.75, 3.05) is 29.9 Å². The average molecular weight is 593 g/mol. The van der Waals surface area contributed by atoms with E-state index in [2.05, 4.69) is 21.4 Å². The maximum Gasteiger partial charge on any atom is 0.416 e. The lowest BCUT2D eigenvalue weighted by atomic mass is 10.1. The molecule has 1 atom stereocenters. The number of nitrogens with zero attached hydrogens (tertiary/aromatic N) is 6. The molecule has 4 heterocycles. The fourth-order valence-electron chi connectivity index (χ4n) is 4.95. The minimum absolute atomic E-state index is 0.133. The van der Waals surface area contributed by atoms with E-state index in [9.17, 15) is 28.0 Å². The fourth-order valence-corrected chi connectivity index (χ4v) is 6.16. The summed E-state index contributed by atoms with van der Waals surface area (Å²) in [6.07, 6.45) is 0.902. The molecular formula is C28H23F3N8O2S. The molecule has 1 saturated carbocycles. The van der Waals surface area contributed by atoms with Gasteiger partial charge in [-0.1, -0.05) is 12.1 Å². The number of aromatic nitrogens is 4. The zero-order valence-corrected chi connectivity index (χ0v) is 22.7. The van der Waals surface area contributed by atoms with Crippen molar-refractivity contribution >= 4 is 40.7 Å². The molecular weight excluding hydrogens is 569 g/mol. The standard InChI is InChI=1S/C28H23F3N8O2S/c29-28(30,31)18-5-8-34-20(13-18)36-25(40)17-3-1-16(2-4-17)21-22-23(33)35-9-10-39(22)24(37-21)19-14-38(11-12-42-19)26(41)27(15-32)6-7-27/h1-5,8-10,13,19H,6-7,11-12,14H2,(H2,33,35)(H,34,36,40). The van der Waals surface area contributed by atoms with Crippen molar-refractivity contribution < 1.29 is 22.8 Å². The number of hydrogen-bond donors (Lipinski definition) is 2. The van der Waals surface area contributed by atoms with Gasteiger partial charge in [0.2, 0.25) is 5.91 Å². The Morgan fingerprint density at radius 1 is 1.14 bits per heavy atom. The summed E-state index contributed by atoms with van der Waals surface area (Å²) in [7, 11) is 0. The van der Waals surface area contributed by atoms with Crippen molar-refractivity contribution in [2.24, 2.45) is 5.41 Å². The van der Waals surface area contributed by atoms with E-state index in [1.807, 2.05) is 4.40 Å². The van der Waals surface area contributed by atoms with Crippen LogP contribution in [0.3, 0.4) is 0 Å². The second-order valence-corrected chi connectivity index (χ2v) is 11.4. The molecule has 0 spiro atoms. The Balaban J connectivity index is 1.27. The lowest BCUT2D eigenvalue weighted by Crippen LogP contribution is -2.43. The highest BCUT2D eigenvalue weighted by Gasteiger charge is 2.53. The van der Waals surface area contributed by atoms with Crippen LogP contribution in [0.5, 0.6) is 0 Å². The van der Waals surface area contributed by atoms with Crippen molar-refractivity contribution in [2.45, 2.75) is 24.3 Å². The van der Waals surface area contributed by atoms with Crippen LogP contribution in [0.2, 0.25) is 0 Å². The van der Waals surface area contributed by atoms with Gasteiger partial charge in [0.25, 0.3) is 5.91 Å². The van der Waals surface area contributed by atoms with Gasteiger partial charge in [-0.3, -0.25) is 14.0 Å². The zero-order valence-electron chi connectivity index (χ0n) is 21.9. The Labute approximate surface area is 241 Å². The smallest absolute Gasteiger partial charge is 0.382 e. The van der Waals surface area contributed by atoms with Crippen molar-refractivity contribution in [1.29, 1.82) is 5.26 Å². The number of benzene rings is 1. The molecule has 2 amide bonds. The second kappa shape index (κ2) is 10.3. The van der Waals surface area contributed by atoms with Gasteiger partial charge in [0.05, 0.1) is 16.9 Å². The summed E-state index contributed by atoms with van der Waals surface area (Å²) >= 11 is 1.66. The molecule has 1 aliphatic heterocycles. The van der Waals surface area contributed by atoms with Gasteiger partial charge in [0.1, 0.15) is 34.1 Å². The maximum absolute atomic E-state index is 13.0. The van der Waals surface area contributed by atoms with E-state index in [1.54, 1.807) is 41.2 Å². The number of imidazole rings is 1. The highest BCUT2D eigenvalue weighted by atomic mass is 32.2. The van der Waals surface area contributed by atoms with E-state index < -0.39 is 23.1 Å². The molecule has 1 aromatic carbocycles. The molecule has 2 aliphatic rings. The van der Waals surface area contributed by atoms with E-state index in [4.69, 9.17) is 10.7 Å². The first kappa shape index (κ1) is 27.5. The Morgan fingerprint density at radius 2 is 1.90 bits per heavy atom. The Morgan fingerprint density at radius 3 is 2.60 bits per heavy atom. The number of carbonyl (C=O) groups is 2. The predicted octanol–water partition coefficient (Wildman–Crippen LogP) is 4.56. The van der Waals surface area contributed by atoms with Crippen molar-refractivity contribution in [1.82, 2.24) is 24.3 Å². The number of fused-ring (bicyclic) bond motifs is 1. The van der Waals surface area contributed by atoms with Crippen molar-refractivity contribution in [3.05, 3.63) is 71.9 Å². The van der Waals surface area contributed by atoms with Crippen LogP contribution in [-0.4, -0.2) is 54.9 Å². The van der Waals surface area contributed by atoms with Crippen LogP contribution in [0.1, 0.15) is 39.8 Å². The largest absolute Gasteiger partial charge is 0.416 e. The summed E-state index contributed by atoms with van der Waals surface area (Å²) in [5.41, 5.74) is 6.40. The predicted molar refractivity (Wildman–Crippen MR) is 149 cm³/mol. The van der Waals surface area contributed by atoms with Gasteiger partial charge in [0, 0.05) is 48.6 Å². The second-order valence-electron chi connectivity index (χ2n) is 10.1. The Hall–Kier alpha value is -4.64. The van der Waals surface area contributed by atoms with E-state index in [0.29, 0.717) is 54.3 Å². The van der Waals surface area contributed by atoms with Gasteiger partial charge in [-0.05, 0) is 37.1 Å². The van der Waals surface area contributed by atoms with Crippen LogP contribution in [0.25, 0.3) is 16.8 Å². The van der Waals surface area contributed by atoms with Gasteiger partial charge in [-0.2, -0.15) is 18.4 Å². The topological polar surface area (TPSA) is 142 Å². The van der Waals surface area contributed by atoms with Crippen LogP contribution in [0.4, 0.5) is 24.8 Å². The number of nitriles is 1. The van der Waals surface area contributed by atoms with Gasteiger partial charge in [-0.25, -0.2) is 15.0 Å². The molecule has 42 heavy (non-hydrogen) atoms. The number of anilines is 2. The minimum Gasteiger partial charge on any atom is -0.382 e. The molecule has 0 radical (unpaired) electrons. The molecule has 214 valence electrons. The van der Waals surface area contributed by atoms with E-state index in [1.165, 1.54) is 12.1 Å². The minimum atomic E-state index is -4.56. The van der Waals surface area contributed by atoms with Gasteiger partial charge in [0.15, 0.2) is 0 Å². The fraction of sp³-hybridized carbons (Fsp3) is 0.286. The molecule has 10 nitrogen and oxygen atoms in total. The summed E-state index contributed by atoms with van der Waals surface area (Å²) in [6.45, 7) is 0.958. The quantitative estimate of drug-likeness (QED) is 0.343. The number of carbonyl (C=O) groups excluding carboxylic acids is 2. The molecule has 2 fully saturated rings. The number of pyridine rings is 1. The number of halogens is 3. The van der Waals surface area contributed by atoms with Crippen LogP contribution in [0.15, 0.2) is 55.0 Å². The van der Waals surface area contributed by atoms with Crippen molar-refractivity contribution in [3.63, 3.8) is 0 Å². The molecule has 3 N–H and O–H groups in total. The van der Waals surface area contributed by atoms with Gasteiger partial charge in [-0.15, -0.1) is 11.8 Å². The van der Waals surface area contributed by atoms with Crippen molar-refractivity contribution in [3.8, 4) is 17.3 Å². The van der Waals surface area contributed by atoms with Crippen LogP contribution < -0.4 is 11.1 Å². The van der Waals surface area contributed by atoms with Crippen LogP contribution >= 0.6 is 11.8 Å². The summed E-state index contributed by atoms with van der Waals surface area (Å²) in [6, 6.07) is 10.2. The van der Waals surface area contributed by atoms with E-state index in [0.717, 1.165) is 18.3 Å². The number of alkyl halides is 3. The average Bonchev–Trinajstić information content (AvgIpc) is 3.69. The first-order valence-corrected chi connectivity index (χ1v) is 14.0. The number of amides is 2. The zero-order chi connectivity index (χ0) is 29.6. The normalized spacial score (nSPS) is 18.0. The summed E-state index contributed by atoms with van der Waals surface area (Å²) < 4.78 is 40.9. The molecule has 14 heteroatoms. The number of nitrogen functional groups attached to an aromatic ring is 1. The van der Waals surface area contributed by atoms with Gasteiger partial charge >= 0.3 is 6.18 Å². The molecule has 1 aliphatic carbocycles. The highest BCUT2D eigenvalue weighted by Crippen LogP contribution is 2.48. The molecule has 3 aromatic heterocycles. The SMILES string of the molecule is N#CC1(C(=O)N2CCSC(c3nc(-c4ccc(C(=O)Nc5cc(C(F)(F)F)ccn5)cc4)c4c(N)nccn34)C2)CC1. The Kier molecular flexibility index (Phi) is 6.77. The molecule has 4 aromatic rings. The lowest BCUT2D eigenvalue weighted by molar-refractivity contribution is -0.137. The molecule has 0 bridgehead atoms. The van der Waals surface area contributed by atoms with E-state index in [-0.39, 0.29) is 28.4 Å². The Bertz CT molecular complexity index is 1740. The first-order chi connectivity index (χ1) is 20.1. The maximum atomic E-state index is 13.0. The number of nitrogens with one attached hydrogen (secondary N) is 1. The third-order valence-electron chi connectivity index (χ3n) is 7.37. The van der Waals surface area contributed by atoms with E-state index >= 15 is 0 Å². The molecule has 1 unspecified atom stereocenters. The van der Waals surface area contributed by atoms with Gasteiger partial charge < -0.3 is 16.0 Å². The number of nitrogens with two attached hydrogens (primary N) is 1. The third kappa shape index (κ3) is 5.00. The van der Waals surface area contributed by atoms with Crippen LogP contribution in [-0.2, 0) is 11.0 Å². The number of hydrogen-bond acceptors (Lipinski definition) is 8. The summed E-state index contributed by atoms with van der Waals surface area (Å²) in [5.74, 6) is 0.635. The number of thioether (sulfide) groups is 1. The molecule has 6 rings (SSSR count). The van der Waals surface area contributed by atoms with Crippen LogP contribution in [0, 0.1) is 16.7 Å². The monoisotopic (exact) mass is 592 g/mol. The molecule has 1 saturated heterocycles. The third-order valence-corrected chi connectivity index (χ3v) is 8.56.